The molecule has 0 spiro atoms. The molecule has 1 N–H and O–H groups in total. The van der Waals surface area contributed by atoms with Gasteiger partial charge in [0.25, 0.3) is 11.7 Å². The Morgan fingerprint density at radius 2 is 1.63 bits per heavy atom. The third kappa shape index (κ3) is 4.42. The second-order valence-corrected chi connectivity index (χ2v) is 7.87. The van der Waals surface area contributed by atoms with Crippen molar-refractivity contribution in [3.05, 3.63) is 75.8 Å². The zero-order valence-corrected chi connectivity index (χ0v) is 18.3. The molecule has 1 fully saturated rings. The third-order valence-corrected chi connectivity index (χ3v) is 5.85. The standard InChI is InChI=1S/C24H27ClN2O3/c1-4-26(5-2)14-15-27-21(17-10-12-19(25)13-11-17)20(23(29)24(27)30)22(28)18-8-6-16(3)7-9-18/h6-13,21,28H,4-5,14-15H2,1-3H3/b22-20+. The summed E-state index contributed by atoms with van der Waals surface area (Å²) < 4.78 is 0. The van der Waals surface area contributed by atoms with Crippen LogP contribution in [0.1, 0.15) is 36.6 Å². The minimum Gasteiger partial charge on any atom is -0.507 e. The van der Waals surface area contributed by atoms with E-state index >= 15 is 0 Å². The number of hydrogen-bond donors (Lipinski definition) is 1. The number of hydrogen-bond acceptors (Lipinski definition) is 4. The Bertz CT molecular complexity index is 947. The van der Waals surface area contributed by atoms with Crippen LogP contribution in [0.3, 0.4) is 0 Å². The van der Waals surface area contributed by atoms with E-state index in [4.69, 9.17) is 11.6 Å². The molecule has 30 heavy (non-hydrogen) atoms. The van der Waals surface area contributed by atoms with E-state index in [1.807, 2.05) is 19.1 Å². The van der Waals surface area contributed by atoms with Gasteiger partial charge in [0.2, 0.25) is 0 Å². The normalized spacial score (nSPS) is 18.4. The van der Waals surface area contributed by atoms with Gasteiger partial charge >= 0.3 is 0 Å². The Hall–Kier alpha value is -2.63. The zero-order valence-electron chi connectivity index (χ0n) is 17.6. The summed E-state index contributed by atoms with van der Waals surface area (Å²) in [7, 11) is 0. The Balaban J connectivity index is 2.08. The topological polar surface area (TPSA) is 60.9 Å². The number of carbonyl (C=O) groups is 2. The van der Waals surface area contributed by atoms with Crippen LogP contribution in [0.4, 0.5) is 0 Å². The number of carbonyl (C=O) groups excluding carboxylic acids is 2. The lowest BCUT2D eigenvalue weighted by Gasteiger charge is -2.28. The second kappa shape index (κ2) is 9.45. The molecular formula is C24H27ClN2O3. The number of aliphatic hydroxyl groups excluding tert-OH is 1. The summed E-state index contributed by atoms with van der Waals surface area (Å²) in [4.78, 5) is 29.7. The summed E-state index contributed by atoms with van der Waals surface area (Å²) >= 11 is 6.05. The lowest BCUT2D eigenvalue weighted by molar-refractivity contribution is -0.140. The lowest BCUT2D eigenvalue weighted by Crippen LogP contribution is -2.38. The van der Waals surface area contributed by atoms with Gasteiger partial charge in [0.1, 0.15) is 5.76 Å². The summed E-state index contributed by atoms with van der Waals surface area (Å²) in [5, 5.41) is 11.6. The van der Waals surface area contributed by atoms with Crippen molar-refractivity contribution in [2.24, 2.45) is 0 Å². The molecule has 2 aromatic carbocycles. The molecule has 0 aliphatic carbocycles. The van der Waals surface area contributed by atoms with Crippen molar-refractivity contribution in [1.29, 1.82) is 0 Å². The highest BCUT2D eigenvalue weighted by molar-refractivity contribution is 6.46. The van der Waals surface area contributed by atoms with Crippen molar-refractivity contribution in [2.45, 2.75) is 26.8 Å². The number of likely N-dealkylation sites (tertiary alicyclic amines) is 1. The maximum atomic E-state index is 13.0. The Morgan fingerprint density at radius 1 is 1.03 bits per heavy atom. The summed E-state index contributed by atoms with van der Waals surface area (Å²) in [6.45, 7) is 8.82. The Kier molecular flexibility index (Phi) is 6.95. The van der Waals surface area contributed by atoms with Crippen LogP contribution in [0.25, 0.3) is 5.76 Å². The highest BCUT2D eigenvalue weighted by Crippen LogP contribution is 2.39. The Labute approximate surface area is 182 Å². The first-order valence-corrected chi connectivity index (χ1v) is 10.6. The van der Waals surface area contributed by atoms with Gasteiger partial charge in [-0.25, -0.2) is 0 Å². The molecule has 0 radical (unpaired) electrons. The molecule has 0 saturated carbocycles. The molecule has 1 saturated heterocycles. The number of aryl methyl sites for hydroxylation is 1. The van der Waals surface area contributed by atoms with Crippen LogP contribution in [-0.4, -0.2) is 52.8 Å². The van der Waals surface area contributed by atoms with E-state index in [-0.39, 0.29) is 11.3 Å². The van der Waals surface area contributed by atoms with Crippen LogP contribution in [-0.2, 0) is 9.59 Å². The monoisotopic (exact) mass is 426 g/mol. The number of ketones is 1. The fourth-order valence-electron chi connectivity index (χ4n) is 3.76. The summed E-state index contributed by atoms with van der Waals surface area (Å²) in [5.41, 5.74) is 2.42. The van der Waals surface area contributed by atoms with E-state index in [0.717, 1.165) is 24.2 Å². The van der Waals surface area contributed by atoms with Crippen molar-refractivity contribution in [1.82, 2.24) is 9.80 Å². The number of rotatable bonds is 7. The smallest absolute Gasteiger partial charge is 0.295 e. The van der Waals surface area contributed by atoms with Gasteiger partial charge in [-0.1, -0.05) is 67.4 Å². The molecule has 1 aliphatic rings. The number of amides is 1. The molecule has 3 rings (SSSR count). The van der Waals surface area contributed by atoms with Gasteiger partial charge in [-0.15, -0.1) is 0 Å². The molecule has 1 heterocycles. The van der Waals surface area contributed by atoms with Crippen molar-refractivity contribution >= 4 is 29.1 Å². The van der Waals surface area contributed by atoms with Crippen molar-refractivity contribution < 1.29 is 14.7 Å². The SMILES string of the molecule is CCN(CC)CCN1C(=O)C(=O)/C(=C(/O)c2ccc(C)cc2)C1c1ccc(Cl)cc1. The predicted octanol–water partition coefficient (Wildman–Crippen LogP) is 4.41. The molecule has 1 amide bonds. The van der Waals surface area contributed by atoms with Gasteiger partial charge < -0.3 is 14.9 Å². The predicted molar refractivity (Wildman–Crippen MR) is 119 cm³/mol. The number of halogens is 1. The number of aliphatic hydroxyl groups is 1. The van der Waals surface area contributed by atoms with Crippen LogP contribution in [0.2, 0.25) is 5.02 Å². The van der Waals surface area contributed by atoms with Gasteiger partial charge in [0.05, 0.1) is 11.6 Å². The van der Waals surface area contributed by atoms with E-state index in [0.29, 0.717) is 23.7 Å². The molecule has 0 bridgehead atoms. The van der Waals surface area contributed by atoms with Gasteiger partial charge in [-0.2, -0.15) is 0 Å². The molecule has 5 nitrogen and oxygen atoms in total. The first-order valence-electron chi connectivity index (χ1n) is 10.2. The highest BCUT2D eigenvalue weighted by Gasteiger charge is 2.45. The van der Waals surface area contributed by atoms with Crippen LogP contribution in [0.15, 0.2) is 54.1 Å². The maximum absolute atomic E-state index is 13.0. The average Bonchev–Trinajstić information content (AvgIpc) is 3.00. The molecule has 6 heteroatoms. The zero-order chi connectivity index (χ0) is 21.8. The Morgan fingerprint density at radius 3 is 2.20 bits per heavy atom. The molecule has 0 aromatic heterocycles. The molecule has 1 aliphatic heterocycles. The molecule has 1 unspecified atom stereocenters. The van der Waals surface area contributed by atoms with Gasteiger partial charge in [-0.05, 0) is 37.7 Å². The summed E-state index contributed by atoms with van der Waals surface area (Å²) in [6.07, 6.45) is 0. The molecule has 2 aromatic rings. The molecule has 1 atom stereocenters. The van der Waals surface area contributed by atoms with Crippen molar-refractivity contribution in [3.8, 4) is 0 Å². The summed E-state index contributed by atoms with van der Waals surface area (Å²) in [5.74, 6) is -1.40. The highest BCUT2D eigenvalue weighted by atomic mass is 35.5. The van der Waals surface area contributed by atoms with E-state index in [2.05, 4.69) is 18.7 Å². The fraction of sp³-hybridized carbons (Fsp3) is 0.333. The first-order chi connectivity index (χ1) is 14.4. The minimum atomic E-state index is -0.660. The van der Waals surface area contributed by atoms with Crippen LogP contribution in [0, 0.1) is 6.92 Å². The van der Waals surface area contributed by atoms with Crippen LogP contribution < -0.4 is 0 Å². The van der Waals surface area contributed by atoms with Gasteiger partial charge in [0, 0.05) is 23.7 Å². The van der Waals surface area contributed by atoms with Gasteiger partial charge in [0.15, 0.2) is 0 Å². The minimum absolute atomic E-state index is 0.116. The van der Waals surface area contributed by atoms with Crippen LogP contribution in [0.5, 0.6) is 0 Å². The molecular weight excluding hydrogens is 400 g/mol. The average molecular weight is 427 g/mol. The number of benzene rings is 2. The quantitative estimate of drug-likeness (QED) is 0.404. The number of nitrogens with zero attached hydrogens (tertiary/aromatic N) is 2. The maximum Gasteiger partial charge on any atom is 0.295 e. The number of likely N-dealkylation sites (N-methyl/N-ethyl adjacent to an activating group) is 1. The van der Waals surface area contributed by atoms with Crippen molar-refractivity contribution in [3.63, 3.8) is 0 Å². The largest absolute Gasteiger partial charge is 0.507 e. The van der Waals surface area contributed by atoms with E-state index in [1.165, 1.54) is 0 Å². The van der Waals surface area contributed by atoms with E-state index < -0.39 is 17.7 Å². The van der Waals surface area contributed by atoms with Crippen LogP contribution >= 0.6 is 11.6 Å². The van der Waals surface area contributed by atoms with E-state index in [9.17, 15) is 14.7 Å². The lowest BCUT2D eigenvalue weighted by atomic mass is 9.95. The van der Waals surface area contributed by atoms with Crippen molar-refractivity contribution in [2.75, 3.05) is 26.2 Å². The molecule has 158 valence electrons. The fourth-order valence-corrected chi connectivity index (χ4v) is 3.88. The third-order valence-electron chi connectivity index (χ3n) is 5.60. The van der Waals surface area contributed by atoms with Gasteiger partial charge in [-0.3, -0.25) is 9.59 Å². The summed E-state index contributed by atoms with van der Waals surface area (Å²) in [6, 6.07) is 13.6. The van der Waals surface area contributed by atoms with E-state index in [1.54, 1.807) is 41.3 Å². The number of Topliss-reactive ketones (excluding diaryl/α,β-unsaturated/α-hetero) is 1. The second-order valence-electron chi connectivity index (χ2n) is 7.44. The first kappa shape index (κ1) is 22.1.